The molecule has 1 aliphatic rings. The van der Waals surface area contributed by atoms with Crippen LogP contribution in [0.15, 0.2) is 128 Å². The van der Waals surface area contributed by atoms with E-state index < -0.39 is 23.1 Å². The van der Waals surface area contributed by atoms with Crippen molar-refractivity contribution in [2.75, 3.05) is 32.5 Å². The summed E-state index contributed by atoms with van der Waals surface area (Å²) in [5, 5.41) is 12.7. The van der Waals surface area contributed by atoms with Crippen molar-refractivity contribution in [3.05, 3.63) is 150 Å². The number of anilines is 1. The number of benzene rings is 4. The third-order valence-electron chi connectivity index (χ3n) is 9.25. The van der Waals surface area contributed by atoms with E-state index in [1.165, 1.54) is 9.80 Å². The summed E-state index contributed by atoms with van der Waals surface area (Å²) in [6.07, 6.45) is 3.21. The summed E-state index contributed by atoms with van der Waals surface area (Å²) >= 11 is 0. The van der Waals surface area contributed by atoms with Gasteiger partial charge in [0.1, 0.15) is 11.3 Å². The van der Waals surface area contributed by atoms with E-state index in [9.17, 15) is 19.5 Å². The highest BCUT2D eigenvalue weighted by Crippen LogP contribution is 2.42. The average Bonchev–Trinajstić information content (AvgIpc) is 3.58. The monoisotopic (exact) mass is 657 g/mol. The van der Waals surface area contributed by atoms with E-state index in [0.717, 1.165) is 16.7 Å². The second-order valence-corrected chi connectivity index (χ2v) is 12.6. The van der Waals surface area contributed by atoms with Gasteiger partial charge in [0, 0.05) is 51.6 Å². The van der Waals surface area contributed by atoms with E-state index >= 15 is 0 Å². The van der Waals surface area contributed by atoms with Gasteiger partial charge >= 0.3 is 12.2 Å². The molecule has 6 rings (SSSR count). The van der Waals surface area contributed by atoms with Crippen molar-refractivity contribution in [2.24, 2.45) is 5.41 Å². The Labute approximate surface area is 285 Å². The third kappa shape index (κ3) is 6.76. The summed E-state index contributed by atoms with van der Waals surface area (Å²) in [4.78, 5) is 45.8. The SMILES string of the molecule is CN(C)C(=O)Oc1cccc(NC(=O)C2(Cc3cn(C(c4ccccc4)(c4ccccc4)c4ccccc4)cn3)CCN(C(=O)O)CC2)c1. The number of ether oxygens (including phenoxy) is 1. The van der Waals surface area contributed by atoms with E-state index in [1.807, 2.05) is 67.1 Å². The third-order valence-corrected chi connectivity index (χ3v) is 9.25. The van der Waals surface area contributed by atoms with Gasteiger partial charge in [-0.05, 0) is 41.7 Å². The highest BCUT2D eigenvalue weighted by atomic mass is 16.6. The molecule has 0 unspecified atom stereocenters. The van der Waals surface area contributed by atoms with Gasteiger partial charge in [0.2, 0.25) is 5.91 Å². The Hall–Kier alpha value is -5.90. The Morgan fingerprint density at radius 2 is 1.39 bits per heavy atom. The van der Waals surface area contributed by atoms with Crippen LogP contribution in [0.2, 0.25) is 0 Å². The van der Waals surface area contributed by atoms with E-state index in [0.29, 0.717) is 36.4 Å². The molecular formula is C39H39N5O5. The molecule has 2 heterocycles. The van der Waals surface area contributed by atoms with E-state index in [2.05, 4.69) is 46.3 Å². The number of nitrogens with zero attached hydrogens (tertiary/aromatic N) is 4. The van der Waals surface area contributed by atoms with Gasteiger partial charge in [-0.15, -0.1) is 0 Å². The summed E-state index contributed by atoms with van der Waals surface area (Å²) in [7, 11) is 3.18. The van der Waals surface area contributed by atoms with Crippen LogP contribution in [-0.2, 0) is 16.8 Å². The molecule has 4 aromatic carbocycles. The van der Waals surface area contributed by atoms with E-state index in [1.54, 1.807) is 38.4 Å². The van der Waals surface area contributed by atoms with Crippen molar-refractivity contribution in [1.82, 2.24) is 19.4 Å². The first-order valence-electron chi connectivity index (χ1n) is 16.2. The van der Waals surface area contributed by atoms with Crippen LogP contribution in [0.25, 0.3) is 0 Å². The topological polar surface area (TPSA) is 117 Å². The number of likely N-dealkylation sites (tertiary alicyclic amines) is 1. The molecule has 1 fully saturated rings. The first-order chi connectivity index (χ1) is 23.7. The maximum absolute atomic E-state index is 14.3. The van der Waals surface area contributed by atoms with Crippen molar-refractivity contribution < 1.29 is 24.2 Å². The minimum atomic E-state index is -1.01. The lowest BCUT2D eigenvalue weighted by molar-refractivity contribution is -0.128. The van der Waals surface area contributed by atoms with Gasteiger partial charge in [-0.25, -0.2) is 14.6 Å². The largest absolute Gasteiger partial charge is 0.465 e. The molecule has 1 aromatic heterocycles. The van der Waals surface area contributed by atoms with Crippen LogP contribution < -0.4 is 10.1 Å². The molecule has 0 bridgehead atoms. The number of carboxylic acid groups (broad SMARTS) is 1. The fourth-order valence-corrected chi connectivity index (χ4v) is 6.67. The molecule has 0 radical (unpaired) electrons. The molecular weight excluding hydrogens is 618 g/mol. The number of aromatic nitrogens is 2. The number of carbonyl (C=O) groups excluding carboxylic acids is 2. The molecule has 0 saturated carbocycles. The van der Waals surface area contributed by atoms with Crippen molar-refractivity contribution in [1.29, 1.82) is 0 Å². The summed E-state index contributed by atoms with van der Waals surface area (Å²) in [6, 6.07) is 37.5. The Bertz CT molecular complexity index is 1810. The molecule has 3 amide bonds. The van der Waals surface area contributed by atoms with Gasteiger partial charge in [-0.2, -0.15) is 0 Å². The smallest absolute Gasteiger partial charge is 0.414 e. The molecule has 1 saturated heterocycles. The Morgan fingerprint density at radius 1 is 0.837 bits per heavy atom. The number of hydrogen-bond acceptors (Lipinski definition) is 5. The molecule has 250 valence electrons. The van der Waals surface area contributed by atoms with Crippen LogP contribution in [0.5, 0.6) is 5.75 Å². The fraction of sp³-hybridized carbons (Fsp3) is 0.231. The maximum Gasteiger partial charge on any atom is 0.414 e. The number of amides is 3. The number of imidazole rings is 1. The first-order valence-corrected chi connectivity index (χ1v) is 16.2. The van der Waals surface area contributed by atoms with Gasteiger partial charge in [0.25, 0.3) is 0 Å². The van der Waals surface area contributed by atoms with Crippen LogP contribution in [0.1, 0.15) is 35.2 Å². The van der Waals surface area contributed by atoms with Gasteiger partial charge < -0.3 is 29.5 Å². The normalized spacial score (nSPS) is 14.1. The number of rotatable bonds is 9. The fourth-order valence-electron chi connectivity index (χ4n) is 6.67. The number of hydrogen-bond donors (Lipinski definition) is 2. The van der Waals surface area contributed by atoms with Crippen molar-refractivity contribution in [3.63, 3.8) is 0 Å². The summed E-state index contributed by atoms with van der Waals surface area (Å²) in [6.45, 7) is 0.428. The minimum Gasteiger partial charge on any atom is -0.465 e. The summed E-state index contributed by atoms with van der Waals surface area (Å²) in [5.41, 5.74) is 2.61. The highest BCUT2D eigenvalue weighted by molar-refractivity contribution is 5.96. The highest BCUT2D eigenvalue weighted by Gasteiger charge is 2.44. The maximum atomic E-state index is 14.3. The lowest BCUT2D eigenvalue weighted by Crippen LogP contribution is -2.49. The zero-order valence-electron chi connectivity index (χ0n) is 27.5. The van der Waals surface area contributed by atoms with Crippen LogP contribution in [0.4, 0.5) is 15.3 Å². The molecule has 0 aliphatic carbocycles. The molecule has 2 N–H and O–H groups in total. The predicted molar refractivity (Wildman–Crippen MR) is 187 cm³/mol. The molecule has 1 aliphatic heterocycles. The Kier molecular flexibility index (Phi) is 9.48. The zero-order chi connectivity index (χ0) is 34.4. The van der Waals surface area contributed by atoms with Crippen molar-refractivity contribution in [3.8, 4) is 5.75 Å². The molecule has 5 aromatic rings. The molecule has 0 spiro atoms. The van der Waals surface area contributed by atoms with E-state index in [-0.39, 0.29) is 19.0 Å². The average molecular weight is 658 g/mol. The second-order valence-electron chi connectivity index (χ2n) is 12.6. The summed E-state index contributed by atoms with van der Waals surface area (Å²) < 4.78 is 7.51. The quantitative estimate of drug-likeness (QED) is 0.170. The Balaban J connectivity index is 1.38. The van der Waals surface area contributed by atoms with Gasteiger partial charge in [0.15, 0.2) is 0 Å². The van der Waals surface area contributed by atoms with Crippen LogP contribution in [-0.4, -0.2) is 69.7 Å². The Morgan fingerprint density at radius 3 is 1.90 bits per heavy atom. The molecule has 10 heteroatoms. The molecule has 0 atom stereocenters. The number of nitrogens with one attached hydrogen (secondary N) is 1. The lowest BCUT2D eigenvalue weighted by atomic mass is 9.73. The van der Waals surface area contributed by atoms with Gasteiger partial charge in [-0.3, -0.25) is 4.79 Å². The number of carbonyl (C=O) groups is 3. The predicted octanol–water partition coefficient (Wildman–Crippen LogP) is 6.73. The summed E-state index contributed by atoms with van der Waals surface area (Å²) in [5.74, 6) is 0.0488. The van der Waals surface area contributed by atoms with Crippen LogP contribution in [0.3, 0.4) is 0 Å². The van der Waals surface area contributed by atoms with Crippen molar-refractivity contribution in [2.45, 2.75) is 24.8 Å². The van der Waals surface area contributed by atoms with Gasteiger partial charge in [-0.1, -0.05) is 97.1 Å². The number of piperidine rings is 1. The zero-order valence-corrected chi connectivity index (χ0v) is 27.5. The standard InChI is InChI=1S/C39H39N5O5/c1-42(2)37(48)49-34-20-12-19-32(25-34)41-35(45)38(21-23-43(24-22-38)36(46)47)26-33-27-44(28-40-33)39(29-13-6-3-7-14-29,30-15-8-4-9-16-30)31-17-10-5-11-18-31/h3-20,25,27-28H,21-24,26H2,1-2H3,(H,41,45)(H,46,47). The molecule has 49 heavy (non-hydrogen) atoms. The minimum absolute atomic E-state index is 0.214. The van der Waals surface area contributed by atoms with E-state index in [4.69, 9.17) is 9.72 Å². The second kappa shape index (κ2) is 14.1. The van der Waals surface area contributed by atoms with Crippen LogP contribution in [0, 0.1) is 5.41 Å². The van der Waals surface area contributed by atoms with Crippen molar-refractivity contribution >= 4 is 23.8 Å². The van der Waals surface area contributed by atoms with Gasteiger partial charge in [0.05, 0.1) is 17.4 Å². The lowest BCUT2D eigenvalue weighted by Gasteiger charge is -2.39. The molecule has 10 nitrogen and oxygen atoms in total. The van der Waals surface area contributed by atoms with Crippen LogP contribution >= 0.6 is 0 Å². The first kappa shape index (κ1) is 33.0.